The smallest absolute Gasteiger partial charge is 0.306 e. The molecule has 0 aliphatic heterocycles. The highest BCUT2D eigenvalue weighted by Gasteiger charge is 2.21. The Labute approximate surface area is 107 Å². The second kappa shape index (κ2) is 7.10. The minimum absolute atomic E-state index is 0.195. The third kappa shape index (κ3) is 4.10. The zero-order valence-corrected chi connectivity index (χ0v) is 11.0. The van der Waals surface area contributed by atoms with Crippen molar-refractivity contribution in [2.45, 2.75) is 45.6 Å². The maximum absolute atomic E-state index is 11.2. The molecule has 0 aliphatic carbocycles. The van der Waals surface area contributed by atoms with Gasteiger partial charge in [0.1, 0.15) is 12.2 Å². The largest absolute Gasteiger partial charge is 0.481 e. The van der Waals surface area contributed by atoms with Crippen LogP contribution in [0.1, 0.15) is 45.0 Å². The van der Waals surface area contributed by atoms with Crippen LogP contribution in [0.5, 0.6) is 0 Å². The molecule has 1 heterocycles. The van der Waals surface area contributed by atoms with Crippen molar-refractivity contribution >= 4 is 5.97 Å². The van der Waals surface area contributed by atoms with Gasteiger partial charge < -0.3 is 10.8 Å². The first-order valence-corrected chi connectivity index (χ1v) is 6.37. The van der Waals surface area contributed by atoms with Gasteiger partial charge in [0.15, 0.2) is 0 Å². The number of hydrogen-bond acceptors (Lipinski definition) is 4. The van der Waals surface area contributed by atoms with E-state index in [2.05, 4.69) is 10.1 Å². The quantitative estimate of drug-likeness (QED) is 0.680. The highest BCUT2D eigenvalue weighted by atomic mass is 16.4. The van der Waals surface area contributed by atoms with Crippen LogP contribution in [0.4, 0.5) is 0 Å². The van der Waals surface area contributed by atoms with Gasteiger partial charge in [-0.15, -0.1) is 0 Å². The maximum atomic E-state index is 11.2. The molecule has 1 rings (SSSR count). The van der Waals surface area contributed by atoms with E-state index in [1.807, 2.05) is 13.8 Å². The van der Waals surface area contributed by atoms with Crippen molar-refractivity contribution in [1.29, 1.82) is 0 Å². The zero-order chi connectivity index (χ0) is 13.5. The molecular weight excluding hydrogens is 232 g/mol. The van der Waals surface area contributed by atoms with E-state index in [0.29, 0.717) is 19.4 Å². The fourth-order valence-electron chi connectivity index (χ4n) is 1.92. The summed E-state index contributed by atoms with van der Waals surface area (Å²) in [5.41, 5.74) is 5.42. The number of aromatic nitrogens is 3. The first kappa shape index (κ1) is 14.6. The van der Waals surface area contributed by atoms with Crippen molar-refractivity contribution in [1.82, 2.24) is 14.8 Å². The molecule has 0 bridgehead atoms. The summed E-state index contributed by atoms with van der Waals surface area (Å²) in [6, 6.07) is 0.195. The average molecular weight is 254 g/mol. The number of hydrogen-bond donors (Lipinski definition) is 2. The van der Waals surface area contributed by atoms with Crippen LogP contribution in [-0.2, 0) is 11.2 Å². The van der Waals surface area contributed by atoms with Gasteiger partial charge in [0.05, 0.1) is 5.92 Å². The SMILES string of the molecule is CC(C)n1ncnc1CC(CCCCN)C(=O)O. The molecule has 0 saturated carbocycles. The van der Waals surface area contributed by atoms with Gasteiger partial charge >= 0.3 is 5.97 Å². The Bertz CT molecular complexity index is 376. The molecule has 0 saturated heterocycles. The predicted molar refractivity (Wildman–Crippen MR) is 68.1 cm³/mol. The summed E-state index contributed by atoms with van der Waals surface area (Å²) in [7, 11) is 0. The molecule has 0 fully saturated rings. The average Bonchev–Trinajstić information content (AvgIpc) is 2.76. The van der Waals surface area contributed by atoms with E-state index in [9.17, 15) is 9.90 Å². The molecule has 6 nitrogen and oxygen atoms in total. The van der Waals surface area contributed by atoms with E-state index in [1.165, 1.54) is 6.33 Å². The number of aliphatic carboxylic acids is 1. The molecule has 3 N–H and O–H groups in total. The molecular formula is C12H22N4O2. The Hall–Kier alpha value is -1.43. The fourth-order valence-corrected chi connectivity index (χ4v) is 1.92. The molecule has 1 aromatic rings. The molecule has 1 aromatic heterocycles. The van der Waals surface area contributed by atoms with Crippen LogP contribution in [0, 0.1) is 5.92 Å². The third-order valence-corrected chi connectivity index (χ3v) is 2.92. The molecule has 1 unspecified atom stereocenters. The molecule has 102 valence electrons. The summed E-state index contributed by atoms with van der Waals surface area (Å²) < 4.78 is 1.78. The molecule has 18 heavy (non-hydrogen) atoms. The van der Waals surface area contributed by atoms with Gasteiger partial charge in [0, 0.05) is 12.5 Å². The highest BCUT2D eigenvalue weighted by molar-refractivity contribution is 5.70. The van der Waals surface area contributed by atoms with Crippen LogP contribution in [0.15, 0.2) is 6.33 Å². The first-order chi connectivity index (χ1) is 8.56. The van der Waals surface area contributed by atoms with E-state index in [0.717, 1.165) is 18.7 Å². The van der Waals surface area contributed by atoms with Gasteiger partial charge in [-0.25, -0.2) is 9.67 Å². The molecule has 0 radical (unpaired) electrons. The molecule has 0 aliphatic rings. The second-order valence-corrected chi connectivity index (χ2v) is 4.74. The molecule has 6 heteroatoms. The van der Waals surface area contributed by atoms with Gasteiger partial charge in [-0.05, 0) is 33.2 Å². The number of nitrogens with two attached hydrogens (primary N) is 1. The molecule has 1 atom stereocenters. The van der Waals surface area contributed by atoms with E-state index in [1.54, 1.807) is 4.68 Å². The van der Waals surface area contributed by atoms with Crippen molar-refractivity contribution in [2.24, 2.45) is 11.7 Å². The van der Waals surface area contributed by atoms with Crippen molar-refractivity contribution in [2.75, 3.05) is 6.54 Å². The molecule has 0 aromatic carbocycles. The number of nitrogens with zero attached hydrogens (tertiary/aromatic N) is 3. The Morgan fingerprint density at radius 1 is 1.50 bits per heavy atom. The van der Waals surface area contributed by atoms with E-state index < -0.39 is 11.9 Å². The van der Waals surface area contributed by atoms with Crippen LogP contribution in [0.3, 0.4) is 0 Å². The highest BCUT2D eigenvalue weighted by Crippen LogP contribution is 2.16. The van der Waals surface area contributed by atoms with Gasteiger partial charge in [-0.2, -0.15) is 5.10 Å². The summed E-state index contributed by atoms with van der Waals surface area (Å²) in [5, 5.41) is 13.3. The number of carbonyl (C=O) groups is 1. The maximum Gasteiger partial charge on any atom is 0.306 e. The molecule has 0 spiro atoms. The number of carboxylic acids is 1. The second-order valence-electron chi connectivity index (χ2n) is 4.74. The van der Waals surface area contributed by atoms with Crippen LogP contribution in [0.2, 0.25) is 0 Å². The van der Waals surface area contributed by atoms with Crippen LogP contribution in [0.25, 0.3) is 0 Å². The van der Waals surface area contributed by atoms with Crippen molar-refractivity contribution < 1.29 is 9.90 Å². The normalized spacial score (nSPS) is 12.9. The standard InChI is InChI=1S/C12H22N4O2/c1-9(2)16-11(14-8-15-16)7-10(12(17)18)5-3-4-6-13/h8-10H,3-7,13H2,1-2H3,(H,17,18). The number of carboxylic acid groups (broad SMARTS) is 1. The summed E-state index contributed by atoms with van der Waals surface area (Å²) >= 11 is 0. The predicted octanol–water partition coefficient (Wildman–Crippen LogP) is 1.23. The van der Waals surface area contributed by atoms with E-state index in [4.69, 9.17) is 5.73 Å². The van der Waals surface area contributed by atoms with E-state index >= 15 is 0 Å². The lowest BCUT2D eigenvalue weighted by Crippen LogP contribution is -2.20. The Balaban J connectivity index is 2.65. The van der Waals surface area contributed by atoms with Crippen molar-refractivity contribution in [3.8, 4) is 0 Å². The van der Waals surface area contributed by atoms with Crippen LogP contribution < -0.4 is 5.73 Å². The minimum atomic E-state index is -0.773. The van der Waals surface area contributed by atoms with Gasteiger partial charge in [0.2, 0.25) is 0 Å². The summed E-state index contributed by atoms with van der Waals surface area (Å²) in [5.74, 6) is -0.436. The zero-order valence-electron chi connectivity index (χ0n) is 11.0. The minimum Gasteiger partial charge on any atom is -0.481 e. The van der Waals surface area contributed by atoms with Gasteiger partial charge in [0.25, 0.3) is 0 Å². The van der Waals surface area contributed by atoms with Crippen molar-refractivity contribution in [3.63, 3.8) is 0 Å². The summed E-state index contributed by atoms with van der Waals surface area (Å²) in [4.78, 5) is 15.4. The fraction of sp³-hybridized carbons (Fsp3) is 0.750. The van der Waals surface area contributed by atoms with Crippen molar-refractivity contribution in [3.05, 3.63) is 12.2 Å². The summed E-state index contributed by atoms with van der Waals surface area (Å²) in [6.45, 7) is 4.61. The van der Waals surface area contributed by atoms with Gasteiger partial charge in [-0.1, -0.05) is 6.42 Å². The van der Waals surface area contributed by atoms with Crippen LogP contribution >= 0.6 is 0 Å². The first-order valence-electron chi connectivity index (χ1n) is 6.37. The Morgan fingerprint density at radius 3 is 2.78 bits per heavy atom. The monoisotopic (exact) mass is 254 g/mol. The lowest BCUT2D eigenvalue weighted by atomic mass is 9.98. The van der Waals surface area contributed by atoms with Crippen LogP contribution in [-0.4, -0.2) is 32.4 Å². The number of rotatable bonds is 8. The van der Waals surface area contributed by atoms with E-state index in [-0.39, 0.29) is 6.04 Å². The molecule has 0 amide bonds. The topological polar surface area (TPSA) is 94.0 Å². The summed E-state index contributed by atoms with van der Waals surface area (Å²) in [6.07, 6.45) is 4.24. The lowest BCUT2D eigenvalue weighted by Gasteiger charge is -2.14. The Kier molecular flexibility index (Phi) is 5.77. The lowest BCUT2D eigenvalue weighted by molar-refractivity contribution is -0.142. The third-order valence-electron chi connectivity index (χ3n) is 2.92. The number of unbranched alkanes of at least 4 members (excludes halogenated alkanes) is 1. The van der Waals surface area contributed by atoms with Gasteiger partial charge in [-0.3, -0.25) is 4.79 Å². The Morgan fingerprint density at radius 2 is 2.22 bits per heavy atom.